The van der Waals surface area contributed by atoms with Gasteiger partial charge >= 0.3 is 0 Å². The van der Waals surface area contributed by atoms with E-state index in [4.69, 9.17) is 58.0 Å². The summed E-state index contributed by atoms with van der Waals surface area (Å²) in [5.74, 6) is -0.545. The van der Waals surface area contributed by atoms with Crippen molar-refractivity contribution in [3.05, 3.63) is 65.1 Å². The lowest BCUT2D eigenvalue weighted by Crippen LogP contribution is -2.19. The van der Waals surface area contributed by atoms with E-state index in [1.54, 1.807) is 6.07 Å². The Bertz CT molecular complexity index is 910. The highest BCUT2D eigenvalue weighted by molar-refractivity contribution is 8.00. The fraction of sp³-hybridized carbons (Fsp3) is 0.0667. The number of amides is 1. The molecule has 1 amide bonds. The third-order valence-electron chi connectivity index (χ3n) is 3.00. The largest absolute Gasteiger partial charge is 0.272 e. The normalized spacial score (nSPS) is 11.0. The van der Waals surface area contributed by atoms with E-state index in [0.717, 1.165) is 11.8 Å². The Labute approximate surface area is 182 Å². The van der Waals surface area contributed by atoms with Crippen LogP contribution in [-0.2, 0) is 4.79 Å². The summed E-state index contributed by atoms with van der Waals surface area (Å²) in [6, 6.07) is 5.79. The van der Waals surface area contributed by atoms with E-state index in [1.165, 1.54) is 24.4 Å². The predicted octanol–water partition coefficient (Wildman–Crippen LogP) is 6.10. The van der Waals surface area contributed by atoms with Crippen molar-refractivity contribution in [1.82, 2.24) is 5.43 Å². The summed E-state index contributed by atoms with van der Waals surface area (Å²) in [5.41, 5.74) is 2.67. The molecule has 0 spiro atoms. The molecule has 2 aromatic rings. The fourth-order valence-electron chi connectivity index (χ4n) is 1.78. The van der Waals surface area contributed by atoms with Crippen LogP contribution in [0.25, 0.3) is 0 Å². The quantitative estimate of drug-likeness (QED) is 0.133. The van der Waals surface area contributed by atoms with Gasteiger partial charge in [0.1, 0.15) is 0 Å². The Kier molecular flexibility index (Phi) is 8.03. The van der Waals surface area contributed by atoms with Gasteiger partial charge in [-0.25, -0.2) is 5.43 Å². The lowest BCUT2D eigenvalue weighted by molar-refractivity contribution is -0.384. The molecule has 0 aliphatic rings. The van der Waals surface area contributed by atoms with Crippen LogP contribution in [0.3, 0.4) is 0 Å². The molecular formula is C15H8Cl5N3O3S. The summed E-state index contributed by atoms with van der Waals surface area (Å²) in [5, 5.41) is 14.8. The van der Waals surface area contributed by atoms with Crippen LogP contribution < -0.4 is 5.43 Å². The zero-order valence-electron chi connectivity index (χ0n) is 13.0. The third kappa shape index (κ3) is 5.63. The predicted molar refractivity (Wildman–Crippen MR) is 111 cm³/mol. The number of nitrogens with one attached hydrogen (secondary N) is 1. The van der Waals surface area contributed by atoms with Crippen LogP contribution >= 0.6 is 69.8 Å². The molecule has 142 valence electrons. The molecule has 12 heteroatoms. The van der Waals surface area contributed by atoms with Gasteiger partial charge in [0.05, 0.1) is 42.0 Å². The smallest absolute Gasteiger partial charge is 0.270 e. The molecule has 0 aromatic heterocycles. The second-order valence-corrected chi connectivity index (χ2v) is 7.71. The molecule has 2 aromatic carbocycles. The van der Waals surface area contributed by atoms with E-state index in [1.807, 2.05) is 0 Å². The van der Waals surface area contributed by atoms with Crippen LogP contribution in [0.4, 0.5) is 5.69 Å². The second-order valence-electron chi connectivity index (χ2n) is 4.83. The van der Waals surface area contributed by atoms with Gasteiger partial charge in [-0.2, -0.15) is 5.10 Å². The number of rotatable bonds is 6. The Morgan fingerprint density at radius 1 is 1.11 bits per heavy atom. The van der Waals surface area contributed by atoms with E-state index in [2.05, 4.69) is 10.5 Å². The van der Waals surface area contributed by atoms with Crippen LogP contribution in [0.15, 0.2) is 34.3 Å². The average molecular weight is 488 g/mol. The van der Waals surface area contributed by atoms with Crippen LogP contribution in [0, 0.1) is 10.1 Å². The van der Waals surface area contributed by atoms with Gasteiger partial charge in [0, 0.05) is 22.6 Å². The summed E-state index contributed by atoms with van der Waals surface area (Å²) in [6.45, 7) is 0. The van der Waals surface area contributed by atoms with Gasteiger partial charge in [-0.05, 0) is 0 Å². The lowest BCUT2D eigenvalue weighted by Gasteiger charge is -2.11. The first kappa shape index (κ1) is 22.1. The highest BCUT2D eigenvalue weighted by Crippen LogP contribution is 2.47. The first-order valence-electron chi connectivity index (χ1n) is 6.93. The number of nitrogens with zero attached hydrogens (tertiary/aromatic N) is 2. The number of thioether (sulfide) groups is 1. The van der Waals surface area contributed by atoms with Crippen LogP contribution in [-0.4, -0.2) is 22.8 Å². The van der Waals surface area contributed by atoms with Crippen molar-refractivity contribution < 1.29 is 9.72 Å². The van der Waals surface area contributed by atoms with Crippen LogP contribution in [0.5, 0.6) is 0 Å². The van der Waals surface area contributed by atoms with Crippen LogP contribution in [0.1, 0.15) is 5.56 Å². The zero-order valence-corrected chi connectivity index (χ0v) is 17.6. The second kappa shape index (κ2) is 9.82. The van der Waals surface area contributed by atoms with Crippen molar-refractivity contribution in [3.63, 3.8) is 0 Å². The Hall–Kier alpha value is -1.22. The summed E-state index contributed by atoms with van der Waals surface area (Å²) in [4.78, 5) is 22.4. The highest BCUT2D eigenvalue weighted by atomic mass is 35.5. The van der Waals surface area contributed by atoms with Crippen molar-refractivity contribution in [1.29, 1.82) is 0 Å². The molecule has 0 saturated carbocycles. The number of halogens is 5. The maximum atomic E-state index is 11.9. The van der Waals surface area contributed by atoms with Crippen molar-refractivity contribution >= 4 is 87.6 Å². The van der Waals surface area contributed by atoms with E-state index in [0.29, 0.717) is 10.5 Å². The molecule has 0 heterocycles. The number of hydrazone groups is 1. The first-order valence-corrected chi connectivity index (χ1v) is 9.80. The molecule has 0 fully saturated rings. The number of nitro benzene ring substituents is 1. The number of carbonyl (C=O) groups excluding carboxylic acids is 1. The minimum atomic E-state index is -0.525. The SMILES string of the molecule is O=C(CSc1c(Cl)c(Cl)c(Cl)c(Cl)c1Cl)N/N=C\c1cccc([N+](=O)[O-])c1. The third-order valence-corrected chi connectivity index (χ3v) is 6.61. The summed E-state index contributed by atoms with van der Waals surface area (Å²) < 4.78 is 0. The molecule has 0 atom stereocenters. The number of nitro groups is 1. The van der Waals surface area contributed by atoms with Gasteiger partial charge in [0.15, 0.2) is 0 Å². The van der Waals surface area contributed by atoms with Crippen molar-refractivity contribution in [3.8, 4) is 0 Å². The molecule has 6 nitrogen and oxygen atoms in total. The van der Waals surface area contributed by atoms with Gasteiger partial charge in [-0.15, -0.1) is 11.8 Å². The molecule has 0 radical (unpaired) electrons. The van der Waals surface area contributed by atoms with E-state index < -0.39 is 10.8 Å². The van der Waals surface area contributed by atoms with Gasteiger partial charge in [0.2, 0.25) is 5.91 Å². The summed E-state index contributed by atoms with van der Waals surface area (Å²) >= 11 is 31.0. The molecule has 0 bridgehead atoms. The molecule has 2 rings (SSSR count). The number of carbonyl (C=O) groups is 1. The Morgan fingerprint density at radius 3 is 2.30 bits per heavy atom. The Balaban J connectivity index is 2.00. The molecule has 27 heavy (non-hydrogen) atoms. The van der Waals surface area contributed by atoms with Gasteiger partial charge < -0.3 is 0 Å². The maximum absolute atomic E-state index is 11.9. The summed E-state index contributed by atoms with van der Waals surface area (Å²) in [7, 11) is 0. The lowest BCUT2D eigenvalue weighted by atomic mass is 10.2. The molecule has 0 aliphatic carbocycles. The van der Waals surface area contributed by atoms with Crippen molar-refractivity contribution in [2.75, 3.05) is 5.75 Å². The Morgan fingerprint density at radius 2 is 1.70 bits per heavy atom. The molecule has 0 aliphatic heterocycles. The van der Waals surface area contributed by atoms with E-state index in [-0.39, 0.29) is 36.6 Å². The molecule has 0 saturated heterocycles. The highest BCUT2D eigenvalue weighted by Gasteiger charge is 2.20. The fourth-order valence-corrected chi connectivity index (χ4v) is 4.15. The van der Waals surface area contributed by atoms with Crippen molar-refractivity contribution in [2.24, 2.45) is 5.10 Å². The maximum Gasteiger partial charge on any atom is 0.270 e. The topological polar surface area (TPSA) is 84.6 Å². The minimum Gasteiger partial charge on any atom is -0.272 e. The number of benzene rings is 2. The zero-order chi connectivity index (χ0) is 20.1. The van der Waals surface area contributed by atoms with Crippen LogP contribution in [0.2, 0.25) is 25.1 Å². The average Bonchev–Trinajstić information content (AvgIpc) is 2.65. The molecular weight excluding hydrogens is 480 g/mol. The minimum absolute atomic E-state index is 0.0312. The van der Waals surface area contributed by atoms with Gasteiger partial charge in [-0.3, -0.25) is 14.9 Å². The van der Waals surface area contributed by atoms with Gasteiger partial charge in [-0.1, -0.05) is 70.1 Å². The number of hydrogen-bond donors (Lipinski definition) is 1. The van der Waals surface area contributed by atoms with E-state index in [9.17, 15) is 14.9 Å². The summed E-state index contributed by atoms with van der Waals surface area (Å²) in [6.07, 6.45) is 1.28. The monoisotopic (exact) mass is 485 g/mol. The van der Waals surface area contributed by atoms with Crippen molar-refractivity contribution in [2.45, 2.75) is 4.90 Å². The van der Waals surface area contributed by atoms with E-state index >= 15 is 0 Å². The first-order chi connectivity index (χ1) is 12.7. The standard InChI is InChI=1S/C15H8Cl5N3O3S/c16-10-11(17)13(19)15(14(20)12(10)18)27-6-9(24)22-21-5-7-2-1-3-8(4-7)23(25)26/h1-5H,6H2,(H,22,24)/b21-5-. The number of hydrogen-bond acceptors (Lipinski definition) is 5. The molecule has 0 unspecified atom stereocenters. The van der Waals surface area contributed by atoms with Gasteiger partial charge in [0.25, 0.3) is 5.69 Å². The number of non-ortho nitro benzene ring substituents is 1. The molecule has 1 N–H and O–H groups in total.